The molecule has 0 aliphatic rings. The van der Waals surface area contributed by atoms with Gasteiger partial charge in [0.05, 0.1) is 11.7 Å². The smallest absolute Gasteiger partial charge is 0.0892 e. The molecule has 0 aliphatic carbocycles. The molecule has 3 N–H and O–H groups in total. The van der Waals surface area contributed by atoms with Gasteiger partial charge in [-0.3, -0.25) is 10.5 Å². The molecule has 0 saturated carbocycles. The number of nitrogens with zero attached hydrogens (tertiary/aromatic N) is 2. The zero-order valence-corrected chi connectivity index (χ0v) is 10.6. The fraction of sp³-hybridized carbons (Fsp3) is 0.250. The molecule has 0 bridgehead atoms. The van der Waals surface area contributed by atoms with Gasteiger partial charge in [-0.05, 0) is 30.2 Å². The van der Waals surface area contributed by atoms with Crippen molar-refractivity contribution >= 4 is 11.6 Å². The van der Waals surface area contributed by atoms with Gasteiger partial charge in [-0.1, -0.05) is 23.7 Å². The molecule has 1 unspecified atom stereocenters. The predicted octanol–water partition coefficient (Wildman–Crippen LogP) is 1.93. The molecule has 1 aromatic heterocycles. The van der Waals surface area contributed by atoms with Crippen LogP contribution in [0.3, 0.4) is 0 Å². The summed E-state index contributed by atoms with van der Waals surface area (Å²) in [5, 5.41) is 4.84. The van der Waals surface area contributed by atoms with Gasteiger partial charge in [-0.15, -0.1) is 0 Å². The van der Waals surface area contributed by atoms with E-state index in [9.17, 15) is 0 Å². The zero-order chi connectivity index (χ0) is 12.4. The van der Waals surface area contributed by atoms with Gasteiger partial charge in [0, 0.05) is 18.3 Å². The quantitative estimate of drug-likeness (QED) is 0.647. The first kappa shape index (κ1) is 12.1. The van der Waals surface area contributed by atoms with Crippen LogP contribution in [0.5, 0.6) is 0 Å². The van der Waals surface area contributed by atoms with E-state index in [-0.39, 0.29) is 6.04 Å². The maximum Gasteiger partial charge on any atom is 0.0892 e. The van der Waals surface area contributed by atoms with Crippen LogP contribution in [0, 0.1) is 6.92 Å². The summed E-state index contributed by atoms with van der Waals surface area (Å²) < 4.78 is 1.78. The number of aromatic nitrogens is 2. The molecular formula is C12H15ClN4. The van der Waals surface area contributed by atoms with Gasteiger partial charge in [0.15, 0.2) is 0 Å². The van der Waals surface area contributed by atoms with Crippen molar-refractivity contribution in [1.82, 2.24) is 15.2 Å². The third-order valence-corrected chi connectivity index (χ3v) is 3.12. The van der Waals surface area contributed by atoms with Crippen molar-refractivity contribution < 1.29 is 0 Å². The van der Waals surface area contributed by atoms with Crippen LogP contribution < -0.4 is 11.3 Å². The summed E-state index contributed by atoms with van der Waals surface area (Å²) in [5.74, 6) is 5.62. The summed E-state index contributed by atoms with van der Waals surface area (Å²) in [5.41, 5.74) is 5.82. The summed E-state index contributed by atoms with van der Waals surface area (Å²) in [4.78, 5) is 0. The fourth-order valence-electron chi connectivity index (χ4n) is 1.87. The standard InChI is InChI=1S/C12H15ClN4/c1-8-3-4-9(10(13)7-8)12(16-14)11-5-6-15-17(11)2/h3-7,12,16H,14H2,1-2H3. The van der Waals surface area contributed by atoms with E-state index in [2.05, 4.69) is 10.5 Å². The first-order valence-electron chi connectivity index (χ1n) is 5.33. The first-order chi connectivity index (χ1) is 8.13. The highest BCUT2D eigenvalue weighted by Gasteiger charge is 2.18. The van der Waals surface area contributed by atoms with Gasteiger partial charge >= 0.3 is 0 Å². The van der Waals surface area contributed by atoms with Crippen LogP contribution in [0.1, 0.15) is 22.9 Å². The van der Waals surface area contributed by atoms with Crippen molar-refractivity contribution in [1.29, 1.82) is 0 Å². The number of hydrogen-bond donors (Lipinski definition) is 2. The Bertz CT molecular complexity index is 521. The van der Waals surface area contributed by atoms with Gasteiger partial charge in [-0.25, -0.2) is 5.43 Å². The third kappa shape index (κ3) is 2.34. The molecule has 0 saturated heterocycles. The highest BCUT2D eigenvalue weighted by molar-refractivity contribution is 6.31. The summed E-state index contributed by atoms with van der Waals surface area (Å²) in [6, 6.07) is 7.69. The Morgan fingerprint density at radius 2 is 2.18 bits per heavy atom. The topological polar surface area (TPSA) is 55.9 Å². The lowest BCUT2D eigenvalue weighted by Gasteiger charge is -2.18. The monoisotopic (exact) mass is 250 g/mol. The molecule has 0 spiro atoms. The Labute approximate surface area is 105 Å². The average Bonchev–Trinajstić information content (AvgIpc) is 2.69. The van der Waals surface area contributed by atoms with Gasteiger partial charge < -0.3 is 0 Å². The van der Waals surface area contributed by atoms with Crippen LogP contribution in [0.4, 0.5) is 0 Å². The first-order valence-corrected chi connectivity index (χ1v) is 5.71. The van der Waals surface area contributed by atoms with Crippen molar-refractivity contribution in [2.45, 2.75) is 13.0 Å². The van der Waals surface area contributed by atoms with Gasteiger partial charge in [0.1, 0.15) is 0 Å². The molecule has 90 valence electrons. The number of aryl methyl sites for hydroxylation is 2. The number of nitrogens with two attached hydrogens (primary N) is 1. The second kappa shape index (κ2) is 4.87. The number of benzene rings is 1. The minimum Gasteiger partial charge on any atom is -0.271 e. The Balaban J connectivity index is 2.46. The molecule has 17 heavy (non-hydrogen) atoms. The number of halogens is 1. The molecule has 2 rings (SSSR count). The number of nitrogens with one attached hydrogen (secondary N) is 1. The van der Waals surface area contributed by atoms with Crippen LogP contribution in [0.25, 0.3) is 0 Å². The Kier molecular flexibility index (Phi) is 3.47. The molecule has 4 nitrogen and oxygen atoms in total. The summed E-state index contributed by atoms with van der Waals surface area (Å²) in [6.07, 6.45) is 1.74. The third-order valence-electron chi connectivity index (χ3n) is 2.79. The molecule has 1 atom stereocenters. The van der Waals surface area contributed by atoms with Gasteiger partial charge in [-0.2, -0.15) is 5.10 Å². The summed E-state index contributed by atoms with van der Waals surface area (Å²) >= 11 is 6.25. The van der Waals surface area contributed by atoms with E-state index in [1.54, 1.807) is 10.9 Å². The minimum atomic E-state index is -0.157. The van der Waals surface area contributed by atoms with Crippen LogP contribution in [0.15, 0.2) is 30.5 Å². The van der Waals surface area contributed by atoms with Crippen LogP contribution in [-0.4, -0.2) is 9.78 Å². The molecular weight excluding hydrogens is 236 g/mol. The van der Waals surface area contributed by atoms with Crippen molar-refractivity contribution in [3.05, 3.63) is 52.3 Å². The minimum absolute atomic E-state index is 0.157. The lowest BCUT2D eigenvalue weighted by Crippen LogP contribution is -2.30. The van der Waals surface area contributed by atoms with E-state index in [0.717, 1.165) is 16.8 Å². The largest absolute Gasteiger partial charge is 0.271 e. The summed E-state index contributed by atoms with van der Waals surface area (Å²) in [6.45, 7) is 2.00. The second-order valence-electron chi connectivity index (χ2n) is 4.00. The van der Waals surface area contributed by atoms with Crippen molar-refractivity contribution in [3.8, 4) is 0 Å². The highest BCUT2D eigenvalue weighted by atomic mass is 35.5. The number of rotatable bonds is 3. The molecule has 0 fully saturated rings. The average molecular weight is 251 g/mol. The Morgan fingerprint density at radius 1 is 1.41 bits per heavy atom. The molecule has 1 aromatic carbocycles. The van der Waals surface area contributed by atoms with Crippen LogP contribution in [0.2, 0.25) is 5.02 Å². The maximum absolute atomic E-state index is 6.25. The van der Waals surface area contributed by atoms with E-state index in [4.69, 9.17) is 17.4 Å². The highest BCUT2D eigenvalue weighted by Crippen LogP contribution is 2.28. The van der Waals surface area contributed by atoms with E-state index >= 15 is 0 Å². The van der Waals surface area contributed by atoms with Crippen molar-refractivity contribution in [2.24, 2.45) is 12.9 Å². The van der Waals surface area contributed by atoms with E-state index in [0.29, 0.717) is 5.02 Å². The molecule has 2 aromatic rings. The fourth-order valence-corrected chi connectivity index (χ4v) is 2.21. The number of hydrogen-bond acceptors (Lipinski definition) is 3. The van der Waals surface area contributed by atoms with Crippen molar-refractivity contribution in [2.75, 3.05) is 0 Å². The molecule has 0 amide bonds. The number of hydrazine groups is 1. The van der Waals surface area contributed by atoms with E-state index < -0.39 is 0 Å². The molecule has 0 aliphatic heterocycles. The summed E-state index contributed by atoms with van der Waals surface area (Å²) in [7, 11) is 1.88. The normalized spacial score (nSPS) is 12.7. The zero-order valence-electron chi connectivity index (χ0n) is 9.81. The second-order valence-corrected chi connectivity index (χ2v) is 4.41. The van der Waals surface area contributed by atoms with Gasteiger partial charge in [0.25, 0.3) is 0 Å². The van der Waals surface area contributed by atoms with Gasteiger partial charge in [0.2, 0.25) is 0 Å². The van der Waals surface area contributed by atoms with Crippen molar-refractivity contribution in [3.63, 3.8) is 0 Å². The molecule has 0 radical (unpaired) electrons. The lowest BCUT2D eigenvalue weighted by atomic mass is 10.0. The predicted molar refractivity (Wildman–Crippen MR) is 68.6 cm³/mol. The molecule has 5 heteroatoms. The van der Waals surface area contributed by atoms with E-state index in [1.165, 1.54) is 0 Å². The SMILES string of the molecule is Cc1ccc(C(NN)c2ccnn2C)c(Cl)c1. The van der Waals surface area contributed by atoms with E-state index in [1.807, 2.05) is 38.2 Å². The van der Waals surface area contributed by atoms with Crippen LogP contribution in [-0.2, 0) is 7.05 Å². The Morgan fingerprint density at radius 3 is 2.71 bits per heavy atom. The van der Waals surface area contributed by atoms with Crippen LogP contribution >= 0.6 is 11.6 Å². The lowest BCUT2D eigenvalue weighted by molar-refractivity contribution is 0.575. The molecule has 1 heterocycles. The maximum atomic E-state index is 6.25. The Hall–Kier alpha value is -1.36.